The second-order valence-electron chi connectivity index (χ2n) is 9.75. The van der Waals surface area contributed by atoms with Gasteiger partial charge in [0.05, 0.1) is 23.1 Å². The van der Waals surface area contributed by atoms with E-state index in [1.54, 1.807) is 0 Å². The van der Waals surface area contributed by atoms with Crippen molar-refractivity contribution in [3.63, 3.8) is 0 Å². The lowest BCUT2D eigenvalue weighted by molar-refractivity contribution is -0.181. The molecule has 4 N–H and O–H groups in total. The van der Waals surface area contributed by atoms with E-state index in [0.29, 0.717) is 0 Å². The predicted molar refractivity (Wildman–Crippen MR) is 116 cm³/mol. The first-order valence-corrected chi connectivity index (χ1v) is 11.0. The van der Waals surface area contributed by atoms with Crippen molar-refractivity contribution < 1.29 is 47.4 Å². The maximum Gasteiger partial charge on any atom is 0.416 e. The van der Waals surface area contributed by atoms with Gasteiger partial charge in [-0.05, 0) is 50.0 Å². The van der Waals surface area contributed by atoms with E-state index < -0.39 is 93.0 Å². The van der Waals surface area contributed by atoms with E-state index in [0.717, 1.165) is 12.1 Å². The fraction of sp³-hybridized carbons (Fsp3) is 0.458. The van der Waals surface area contributed by atoms with Crippen LogP contribution in [0.4, 0.5) is 13.2 Å². The van der Waals surface area contributed by atoms with E-state index in [2.05, 4.69) is 6.58 Å². The van der Waals surface area contributed by atoms with Crippen LogP contribution in [0.1, 0.15) is 27.9 Å². The van der Waals surface area contributed by atoms with Crippen molar-refractivity contribution in [2.45, 2.75) is 30.7 Å². The number of aromatic hydroxyl groups is 1. The molecule has 12 heteroatoms. The molecule has 6 atom stereocenters. The number of carbonyl (C=O) groups excluding carboxylic acids is 5. The molecule has 1 aromatic rings. The topological polar surface area (TPSA) is 155 Å². The number of ketones is 4. The van der Waals surface area contributed by atoms with E-state index in [1.807, 2.05) is 0 Å². The van der Waals surface area contributed by atoms with Crippen molar-refractivity contribution >= 4 is 34.6 Å². The van der Waals surface area contributed by atoms with Crippen LogP contribution in [0, 0.1) is 23.7 Å². The third-order valence-electron chi connectivity index (χ3n) is 7.61. The van der Waals surface area contributed by atoms with Gasteiger partial charge in [-0.3, -0.25) is 28.9 Å². The zero-order chi connectivity index (χ0) is 27.1. The number of amides is 1. The molecular weight excluding hydrogens is 485 g/mol. The van der Waals surface area contributed by atoms with Gasteiger partial charge in [0.2, 0.25) is 5.91 Å². The minimum atomic E-state index is -4.84. The van der Waals surface area contributed by atoms with Crippen LogP contribution in [0.2, 0.25) is 0 Å². The molecule has 0 spiro atoms. The Labute approximate surface area is 202 Å². The van der Waals surface area contributed by atoms with Crippen molar-refractivity contribution in [3.05, 3.63) is 35.4 Å². The van der Waals surface area contributed by atoms with Gasteiger partial charge >= 0.3 is 6.18 Å². The number of benzene rings is 1. The summed E-state index contributed by atoms with van der Waals surface area (Å²) in [6, 6.07) is 0.552. The summed E-state index contributed by atoms with van der Waals surface area (Å²) >= 11 is 0. The molecular formula is C24H23F3N2O7. The SMILES string of the molecule is C=C(c1ccc(O)c2c1C[C@H]1C[C@H]3[C@H](N(C)C)C(=O)C(C(N)=O)C(=O)[C@@]3(O)C(=O)C1C2=O)C(F)(F)F. The predicted octanol–water partition coefficient (Wildman–Crippen LogP) is 0.442. The molecule has 0 aliphatic heterocycles. The smallest absolute Gasteiger partial charge is 0.416 e. The van der Waals surface area contributed by atoms with Gasteiger partial charge in [0.15, 0.2) is 34.7 Å². The Bertz CT molecular complexity index is 1250. The fourth-order valence-electron chi connectivity index (χ4n) is 6.04. The van der Waals surface area contributed by atoms with Gasteiger partial charge in [-0.1, -0.05) is 12.6 Å². The first-order chi connectivity index (χ1) is 16.5. The van der Waals surface area contributed by atoms with Crippen molar-refractivity contribution in [2.75, 3.05) is 14.1 Å². The number of rotatable bonds is 3. The minimum absolute atomic E-state index is 0.160. The second kappa shape index (κ2) is 8.07. The number of Topliss-reactive ketones (excluding diaryl/α,β-unsaturated/α-hetero) is 4. The summed E-state index contributed by atoms with van der Waals surface area (Å²) in [4.78, 5) is 66.5. The van der Waals surface area contributed by atoms with Gasteiger partial charge in [-0.25, -0.2) is 0 Å². The molecule has 2 fully saturated rings. The maximum absolute atomic E-state index is 13.6. The number of nitrogens with two attached hydrogens (primary N) is 1. The molecule has 0 saturated heterocycles. The Morgan fingerprint density at radius 1 is 1.17 bits per heavy atom. The molecule has 2 saturated carbocycles. The van der Waals surface area contributed by atoms with Gasteiger partial charge < -0.3 is 15.9 Å². The molecule has 192 valence electrons. The average Bonchev–Trinajstić information content (AvgIpc) is 2.75. The summed E-state index contributed by atoms with van der Waals surface area (Å²) in [5.74, 6) is -12.8. The highest BCUT2D eigenvalue weighted by atomic mass is 19.4. The highest BCUT2D eigenvalue weighted by molar-refractivity contribution is 6.32. The highest BCUT2D eigenvalue weighted by Gasteiger charge is 2.69. The van der Waals surface area contributed by atoms with E-state index in [-0.39, 0.29) is 18.4 Å². The fourth-order valence-corrected chi connectivity index (χ4v) is 6.04. The minimum Gasteiger partial charge on any atom is -0.507 e. The summed E-state index contributed by atoms with van der Waals surface area (Å²) in [6.07, 6.45) is -5.39. The number of phenols is 1. The number of aliphatic hydroxyl groups is 1. The van der Waals surface area contributed by atoms with E-state index in [4.69, 9.17) is 5.73 Å². The Balaban J connectivity index is 1.89. The van der Waals surface area contributed by atoms with Crippen molar-refractivity contribution in [1.29, 1.82) is 0 Å². The van der Waals surface area contributed by atoms with Gasteiger partial charge in [-0.15, -0.1) is 0 Å². The normalized spacial score (nSPS) is 32.1. The van der Waals surface area contributed by atoms with Crippen LogP contribution in [0.15, 0.2) is 18.7 Å². The maximum atomic E-state index is 13.6. The van der Waals surface area contributed by atoms with Gasteiger partial charge in [0.25, 0.3) is 0 Å². The van der Waals surface area contributed by atoms with Crippen LogP contribution in [0.25, 0.3) is 5.57 Å². The van der Waals surface area contributed by atoms with E-state index in [1.165, 1.54) is 19.0 Å². The van der Waals surface area contributed by atoms with Gasteiger partial charge in [0, 0.05) is 5.92 Å². The third kappa shape index (κ3) is 3.34. The number of alkyl halides is 3. The lowest BCUT2D eigenvalue weighted by Crippen LogP contribution is -2.74. The second-order valence-corrected chi connectivity index (χ2v) is 9.75. The largest absolute Gasteiger partial charge is 0.507 e. The Kier molecular flexibility index (Phi) is 5.76. The zero-order valence-electron chi connectivity index (χ0n) is 19.3. The zero-order valence-corrected chi connectivity index (χ0v) is 19.3. The molecule has 0 bridgehead atoms. The van der Waals surface area contributed by atoms with Crippen LogP contribution in [-0.4, -0.2) is 76.1 Å². The van der Waals surface area contributed by atoms with Crippen molar-refractivity contribution in [3.8, 4) is 5.75 Å². The first kappa shape index (κ1) is 25.7. The lowest BCUT2D eigenvalue weighted by Gasteiger charge is -2.52. The van der Waals surface area contributed by atoms with Crippen LogP contribution >= 0.6 is 0 Å². The van der Waals surface area contributed by atoms with Crippen LogP contribution in [-0.2, 0) is 25.6 Å². The molecule has 2 unspecified atom stereocenters. The van der Waals surface area contributed by atoms with Crippen molar-refractivity contribution in [1.82, 2.24) is 4.90 Å². The standard InChI is InChI=1S/C24H23F3N2O7/c1-8(24(25,26)27)10-4-5-13(30)15-11(10)6-9-7-12-17(29(2)3)19(32)16(22(28)35)21(34)23(12,36)20(33)14(9)18(15)31/h4-5,9,12,14,16-17,30,36H,1,6-7H2,2-3H3,(H2,28,35)/t9-,12-,14?,16?,17-,23-/m0/s1. The third-order valence-corrected chi connectivity index (χ3v) is 7.61. The molecule has 4 rings (SSSR count). The van der Waals surface area contributed by atoms with Gasteiger partial charge in [0.1, 0.15) is 5.75 Å². The van der Waals surface area contributed by atoms with E-state index in [9.17, 15) is 47.4 Å². The Hall–Kier alpha value is -3.38. The monoisotopic (exact) mass is 508 g/mol. The first-order valence-electron chi connectivity index (χ1n) is 11.0. The lowest BCUT2D eigenvalue weighted by atomic mass is 9.52. The number of halogens is 3. The summed E-state index contributed by atoms with van der Waals surface area (Å²) in [7, 11) is 2.86. The Morgan fingerprint density at radius 3 is 2.31 bits per heavy atom. The molecule has 0 heterocycles. The van der Waals surface area contributed by atoms with E-state index >= 15 is 0 Å². The number of likely N-dealkylation sites (N-methyl/N-ethyl adjacent to an activating group) is 1. The van der Waals surface area contributed by atoms with Crippen LogP contribution < -0.4 is 5.73 Å². The summed E-state index contributed by atoms with van der Waals surface area (Å²) in [5.41, 5.74) is -0.0248. The number of primary amides is 1. The number of allylic oxidation sites excluding steroid dienone is 1. The molecule has 1 amide bonds. The number of nitrogens with zero attached hydrogens (tertiary/aromatic N) is 1. The average molecular weight is 508 g/mol. The quantitative estimate of drug-likeness (QED) is 0.497. The molecule has 36 heavy (non-hydrogen) atoms. The molecule has 1 aromatic carbocycles. The highest BCUT2D eigenvalue weighted by Crippen LogP contribution is 2.51. The van der Waals surface area contributed by atoms with Crippen LogP contribution in [0.5, 0.6) is 5.75 Å². The number of carbonyl (C=O) groups is 5. The molecule has 0 aromatic heterocycles. The van der Waals surface area contributed by atoms with Crippen LogP contribution in [0.3, 0.4) is 0 Å². The summed E-state index contributed by atoms with van der Waals surface area (Å²) in [6.45, 7) is 3.07. The van der Waals surface area contributed by atoms with Crippen molar-refractivity contribution in [2.24, 2.45) is 29.4 Å². The molecule has 0 radical (unpaired) electrons. The molecule has 9 nitrogen and oxygen atoms in total. The van der Waals surface area contributed by atoms with Gasteiger partial charge in [-0.2, -0.15) is 13.2 Å². The number of fused-ring (bicyclic) bond motifs is 3. The molecule has 3 aliphatic rings. The summed E-state index contributed by atoms with van der Waals surface area (Å²) < 4.78 is 40.3. The summed E-state index contributed by atoms with van der Waals surface area (Å²) in [5, 5.41) is 21.8. The number of hydrogen-bond acceptors (Lipinski definition) is 8. The number of hydrogen-bond donors (Lipinski definition) is 3. The molecule has 3 aliphatic carbocycles. The Morgan fingerprint density at radius 2 is 1.78 bits per heavy atom. The number of phenolic OH excluding ortho intramolecular Hbond substituents is 1.